The molecule has 2 heteroatoms. The fourth-order valence-corrected chi connectivity index (χ4v) is 1.91. The molecule has 1 aliphatic heterocycles. The van der Waals surface area contributed by atoms with Crippen LogP contribution in [0.15, 0.2) is 12.1 Å². The summed E-state index contributed by atoms with van der Waals surface area (Å²) < 4.78 is 5.68. The normalized spacial score (nSPS) is 25.5. The molecule has 1 aromatic rings. The van der Waals surface area contributed by atoms with Crippen molar-refractivity contribution in [3.8, 4) is 5.75 Å². The number of ether oxygens (including phenoxy) is 1. The van der Waals surface area contributed by atoms with Crippen LogP contribution in [0.2, 0.25) is 0 Å². The van der Waals surface area contributed by atoms with Crippen molar-refractivity contribution in [3.05, 3.63) is 28.8 Å². The molecule has 2 atom stereocenters. The van der Waals surface area contributed by atoms with Gasteiger partial charge < -0.3 is 10.5 Å². The topological polar surface area (TPSA) is 35.2 Å². The van der Waals surface area contributed by atoms with Gasteiger partial charge in [0.1, 0.15) is 11.9 Å². The van der Waals surface area contributed by atoms with Gasteiger partial charge in [-0.15, -0.1) is 0 Å². The number of nitrogens with two attached hydrogens (primary N) is 1. The van der Waals surface area contributed by atoms with Crippen molar-refractivity contribution >= 4 is 0 Å². The lowest BCUT2D eigenvalue weighted by molar-refractivity contribution is 0.227. The average Bonchev–Trinajstić information content (AvgIpc) is 2.32. The third-order valence-corrected chi connectivity index (χ3v) is 2.62. The number of rotatable bonds is 0. The van der Waals surface area contributed by atoms with E-state index in [1.54, 1.807) is 0 Å². The minimum Gasteiger partial charge on any atom is -0.488 e. The molecule has 1 aromatic carbocycles. The SMILES string of the molecule is Cc1cc(C)c2c(c1)C(N)C(C)O2. The Morgan fingerprint density at radius 3 is 2.69 bits per heavy atom. The summed E-state index contributed by atoms with van der Waals surface area (Å²) in [6, 6.07) is 4.29. The predicted molar refractivity (Wildman–Crippen MR) is 52.9 cm³/mol. The van der Waals surface area contributed by atoms with E-state index in [0.29, 0.717) is 0 Å². The summed E-state index contributed by atoms with van der Waals surface area (Å²) in [6.45, 7) is 6.17. The van der Waals surface area contributed by atoms with E-state index in [1.807, 2.05) is 6.92 Å². The van der Waals surface area contributed by atoms with Crippen LogP contribution >= 0.6 is 0 Å². The Morgan fingerprint density at radius 1 is 1.31 bits per heavy atom. The first-order valence-corrected chi connectivity index (χ1v) is 4.63. The van der Waals surface area contributed by atoms with Gasteiger partial charge in [-0.25, -0.2) is 0 Å². The molecule has 0 fully saturated rings. The van der Waals surface area contributed by atoms with Crippen LogP contribution in [-0.2, 0) is 0 Å². The highest BCUT2D eigenvalue weighted by atomic mass is 16.5. The Bertz CT molecular complexity index is 346. The van der Waals surface area contributed by atoms with Crippen LogP contribution in [0.25, 0.3) is 0 Å². The number of fused-ring (bicyclic) bond motifs is 1. The highest BCUT2D eigenvalue weighted by molar-refractivity contribution is 5.48. The Labute approximate surface area is 78.7 Å². The molecular weight excluding hydrogens is 162 g/mol. The summed E-state index contributed by atoms with van der Waals surface area (Å²) in [5.41, 5.74) is 9.60. The summed E-state index contributed by atoms with van der Waals surface area (Å²) in [4.78, 5) is 0. The third kappa shape index (κ3) is 1.22. The summed E-state index contributed by atoms with van der Waals surface area (Å²) in [7, 11) is 0. The Hall–Kier alpha value is -1.02. The van der Waals surface area contributed by atoms with Crippen LogP contribution in [0.5, 0.6) is 5.75 Å². The molecule has 0 amide bonds. The fraction of sp³-hybridized carbons (Fsp3) is 0.455. The molecule has 0 aromatic heterocycles. The van der Waals surface area contributed by atoms with Gasteiger partial charge in [-0.3, -0.25) is 0 Å². The van der Waals surface area contributed by atoms with Crippen LogP contribution in [-0.4, -0.2) is 6.10 Å². The van der Waals surface area contributed by atoms with Crippen LogP contribution in [0.4, 0.5) is 0 Å². The molecule has 0 spiro atoms. The Balaban J connectivity index is 2.57. The van der Waals surface area contributed by atoms with Crippen LogP contribution in [0, 0.1) is 13.8 Å². The van der Waals surface area contributed by atoms with Gasteiger partial charge in [0.25, 0.3) is 0 Å². The molecule has 1 heterocycles. The molecule has 2 N–H and O–H groups in total. The summed E-state index contributed by atoms with van der Waals surface area (Å²) >= 11 is 0. The second-order valence-electron chi connectivity index (χ2n) is 3.85. The van der Waals surface area contributed by atoms with Crippen molar-refractivity contribution in [2.24, 2.45) is 5.73 Å². The molecule has 0 aliphatic carbocycles. The number of hydrogen-bond donors (Lipinski definition) is 1. The summed E-state index contributed by atoms with van der Waals surface area (Å²) in [6.07, 6.45) is 0.107. The molecule has 70 valence electrons. The molecule has 2 unspecified atom stereocenters. The van der Waals surface area contributed by atoms with Crippen molar-refractivity contribution in [2.75, 3.05) is 0 Å². The van der Waals surface area contributed by atoms with Crippen LogP contribution in [0.1, 0.15) is 29.7 Å². The maximum atomic E-state index is 6.00. The number of aryl methyl sites for hydroxylation is 2. The molecule has 0 saturated heterocycles. The highest BCUT2D eigenvalue weighted by Gasteiger charge is 2.29. The van der Waals surface area contributed by atoms with Crippen molar-refractivity contribution in [1.29, 1.82) is 0 Å². The van der Waals surface area contributed by atoms with Crippen LogP contribution in [0.3, 0.4) is 0 Å². The Morgan fingerprint density at radius 2 is 2.00 bits per heavy atom. The second kappa shape index (κ2) is 2.74. The van der Waals surface area contributed by atoms with E-state index in [-0.39, 0.29) is 12.1 Å². The van der Waals surface area contributed by atoms with E-state index in [4.69, 9.17) is 10.5 Å². The van der Waals surface area contributed by atoms with E-state index < -0.39 is 0 Å². The first-order chi connectivity index (χ1) is 6.09. The quantitative estimate of drug-likeness (QED) is 0.658. The largest absolute Gasteiger partial charge is 0.488 e. The molecular formula is C11H15NO. The van der Waals surface area contributed by atoms with Gasteiger partial charge in [0.15, 0.2) is 0 Å². The standard InChI is InChI=1S/C11H15NO/c1-6-4-7(2)11-9(5-6)10(12)8(3)13-11/h4-5,8,10H,12H2,1-3H3. The van der Waals surface area contributed by atoms with Crippen molar-refractivity contribution < 1.29 is 4.74 Å². The van der Waals surface area contributed by atoms with Gasteiger partial charge >= 0.3 is 0 Å². The maximum absolute atomic E-state index is 6.00. The molecule has 13 heavy (non-hydrogen) atoms. The minimum absolute atomic E-state index is 0.0357. The zero-order valence-corrected chi connectivity index (χ0v) is 8.29. The van der Waals surface area contributed by atoms with Crippen molar-refractivity contribution in [3.63, 3.8) is 0 Å². The lowest BCUT2D eigenvalue weighted by Gasteiger charge is -2.07. The van der Waals surface area contributed by atoms with Crippen LogP contribution < -0.4 is 10.5 Å². The van der Waals surface area contributed by atoms with Crippen molar-refractivity contribution in [1.82, 2.24) is 0 Å². The lowest BCUT2D eigenvalue weighted by atomic mass is 10.0. The van der Waals surface area contributed by atoms with E-state index >= 15 is 0 Å². The van der Waals surface area contributed by atoms with Gasteiger partial charge in [0.2, 0.25) is 0 Å². The molecule has 0 bridgehead atoms. The predicted octanol–water partition coefficient (Wildman–Crippen LogP) is 2.08. The zero-order chi connectivity index (χ0) is 9.59. The number of benzene rings is 1. The minimum atomic E-state index is 0.0357. The van der Waals surface area contributed by atoms with Gasteiger partial charge in [0.05, 0.1) is 6.04 Å². The first kappa shape index (κ1) is 8.57. The van der Waals surface area contributed by atoms with Gasteiger partial charge in [0, 0.05) is 5.56 Å². The zero-order valence-electron chi connectivity index (χ0n) is 8.29. The van der Waals surface area contributed by atoms with E-state index in [2.05, 4.69) is 26.0 Å². The monoisotopic (exact) mass is 177 g/mol. The van der Waals surface area contributed by atoms with Gasteiger partial charge in [-0.05, 0) is 26.3 Å². The lowest BCUT2D eigenvalue weighted by Crippen LogP contribution is -2.21. The summed E-state index contributed by atoms with van der Waals surface area (Å²) in [5.74, 6) is 0.991. The average molecular weight is 177 g/mol. The first-order valence-electron chi connectivity index (χ1n) is 4.63. The molecule has 2 rings (SSSR count). The third-order valence-electron chi connectivity index (χ3n) is 2.62. The summed E-state index contributed by atoms with van der Waals surface area (Å²) in [5, 5.41) is 0. The highest BCUT2D eigenvalue weighted by Crippen LogP contribution is 2.38. The molecule has 0 radical (unpaired) electrons. The van der Waals surface area contributed by atoms with E-state index in [1.165, 1.54) is 11.1 Å². The van der Waals surface area contributed by atoms with Gasteiger partial charge in [-0.1, -0.05) is 17.7 Å². The van der Waals surface area contributed by atoms with E-state index in [0.717, 1.165) is 11.3 Å². The molecule has 2 nitrogen and oxygen atoms in total. The maximum Gasteiger partial charge on any atom is 0.127 e. The fourth-order valence-electron chi connectivity index (χ4n) is 1.91. The molecule has 1 aliphatic rings. The molecule has 0 saturated carbocycles. The second-order valence-corrected chi connectivity index (χ2v) is 3.85. The Kier molecular flexibility index (Phi) is 1.81. The number of hydrogen-bond acceptors (Lipinski definition) is 2. The van der Waals surface area contributed by atoms with Crippen molar-refractivity contribution in [2.45, 2.75) is 32.9 Å². The van der Waals surface area contributed by atoms with E-state index in [9.17, 15) is 0 Å². The van der Waals surface area contributed by atoms with Gasteiger partial charge in [-0.2, -0.15) is 0 Å². The smallest absolute Gasteiger partial charge is 0.127 e.